The first kappa shape index (κ1) is 15.6. The molecule has 0 saturated heterocycles. The molecule has 3 aromatic rings. The van der Waals surface area contributed by atoms with Gasteiger partial charge in [-0.2, -0.15) is 23.3 Å². The number of aromatic nitrogens is 5. The van der Waals surface area contributed by atoms with Crippen LogP contribution in [0, 0.1) is 0 Å². The molecule has 7 nitrogen and oxygen atoms in total. The Labute approximate surface area is 138 Å². The van der Waals surface area contributed by atoms with E-state index >= 15 is 0 Å². The Bertz CT molecular complexity index is 968. The van der Waals surface area contributed by atoms with Gasteiger partial charge in [0.15, 0.2) is 0 Å². The van der Waals surface area contributed by atoms with Crippen molar-refractivity contribution < 1.29 is 17.7 Å². The summed E-state index contributed by atoms with van der Waals surface area (Å²) >= 11 is 0. The highest BCUT2D eigenvalue weighted by atomic mass is 19.4. The third-order valence-electron chi connectivity index (χ3n) is 3.92. The van der Waals surface area contributed by atoms with Gasteiger partial charge in [0, 0.05) is 29.9 Å². The quantitative estimate of drug-likeness (QED) is 0.780. The lowest BCUT2D eigenvalue weighted by atomic mass is 10.1. The summed E-state index contributed by atoms with van der Waals surface area (Å²) in [5.41, 5.74) is 0.628. The van der Waals surface area contributed by atoms with Crippen molar-refractivity contribution in [3.8, 4) is 11.4 Å². The van der Waals surface area contributed by atoms with Crippen LogP contribution in [-0.4, -0.2) is 24.9 Å². The van der Waals surface area contributed by atoms with E-state index in [9.17, 15) is 18.0 Å². The molecule has 0 atom stereocenters. The predicted octanol–water partition coefficient (Wildman–Crippen LogP) is 2.57. The molecule has 4 rings (SSSR count). The van der Waals surface area contributed by atoms with Crippen molar-refractivity contribution >= 4 is 0 Å². The first-order valence-corrected chi connectivity index (χ1v) is 7.57. The van der Waals surface area contributed by atoms with Crippen molar-refractivity contribution in [2.45, 2.75) is 31.5 Å². The standard InChI is InChI=1S/C15H12F3N5O2/c16-15(17,18)14-20-12(22-25-14)10-3-5-19-13(24)11(10)7-8-4-6-23(21-8)9-1-2-9/h3-6,9H,1-2,7H2,(H,19,24). The number of hydrogen-bond acceptors (Lipinski definition) is 5. The van der Waals surface area contributed by atoms with E-state index in [1.54, 1.807) is 6.07 Å². The van der Waals surface area contributed by atoms with Crippen LogP contribution in [-0.2, 0) is 12.6 Å². The van der Waals surface area contributed by atoms with E-state index in [-0.39, 0.29) is 23.4 Å². The minimum Gasteiger partial charge on any atom is -0.329 e. The molecule has 0 aromatic carbocycles. The minimum atomic E-state index is -4.74. The fourth-order valence-electron chi connectivity index (χ4n) is 2.54. The summed E-state index contributed by atoms with van der Waals surface area (Å²) < 4.78 is 44.0. The van der Waals surface area contributed by atoms with E-state index in [2.05, 4.69) is 24.7 Å². The summed E-state index contributed by atoms with van der Waals surface area (Å²) in [4.78, 5) is 18.0. The van der Waals surface area contributed by atoms with Gasteiger partial charge in [0.05, 0.1) is 11.7 Å². The average Bonchev–Trinajstić information content (AvgIpc) is 3.09. The van der Waals surface area contributed by atoms with Crippen molar-refractivity contribution in [3.63, 3.8) is 0 Å². The molecule has 1 aliphatic rings. The topological polar surface area (TPSA) is 89.6 Å². The van der Waals surface area contributed by atoms with Gasteiger partial charge in [0.1, 0.15) is 0 Å². The lowest BCUT2D eigenvalue weighted by Gasteiger charge is -2.03. The maximum Gasteiger partial charge on any atom is 0.471 e. The van der Waals surface area contributed by atoms with E-state index in [1.807, 2.05) is 10.9 Å². The molecule has 3 heterocycles. The molecule has 1 N–H and O–H groups in total. The molecule has 10 heteroatoms. The molecular weight excluding hydrogens is 339 g/mol. The number of rotatable bonds is 4. The van der Waals surface area contributed by atoms with Gasteiger partial charge < -0.3 is 9.51 Å². The molecule has 0 radical (unpaired) electrons. The Balaban J connectivity index is 1.70. The van der Waals surface area contributed by atoms with Crippen molar-refractivity contribution in [1.82, 2.24) is 24.9 Å². The minimum absolute atomic E-state index is 0.154. The molecule has 1 fully saturated rings. The lowest BCUT2D eigenvalue weighted by Crippen LogP contribution is -2.14. The van der Waals surface area contributed by atoms with Gasteiger partial charge in [0.2, 0.25) is 5.82 Å². The average molecular weight is 351 g/mol. The number of nitrogens with one attached hydrogen (secondary N) is 1. The second-order valence-electron chi connectivity index (χ2n) is 5.81. The molecule has 0 amide bonds. The largest absolute Gasteiger partial charge is 0.471 e. The summed E-state index contributed by atoms with van der Waals surface area (Å²) in [6.45, 7) is 0. The van der Waals surface area contributed by atoms with Crippen molar-refractivity contribution in [2.24, 2.45) is 0 Å². The Morgan fingerprint density at radius 2 is 2.12 bits per heavy atom. The van der Waals surface area contributed by atoms with Gasteiger partial charge in [0.25, 0.3) is 5.56 Å². The highest BCUT2D eigenvalue weighted by Gasteiger charge is 2.38. The zero-order valence-electron chi connectivity index (χ0n) is 12.7. The van der Waals surface area contributed by atoms with Crippen LogP contribution in [0.2, 0.25) is 0 Å². The van der Waals surface area contributed by atoms with E-state index in [0.29, 0.717) is 11.7 Å². The summed E-state index contributed by atoms with van der Waals surface area (Å²) in [5, 5.41) is 7.76. The van der Waals surface area contributed by atoms with E-state index in [1.165, 1.54) is 12.3 Å². The maximum absolute atomic E-state index is 12.7. The molecule has 1 aliphatic carbocycles. The van der Waals surface area contributed by atoms with Crippen molar-refractivity contribution in [1.29, 1.82) is 0 Å². The number of nitrogens with zero attached hydrogens (tertiary/aromatic N) is 4. The van der Waals surface area contributed by atoms with Crippen LogP contribution in [0.3, 0.4) is 0 Å². The first-order valence-electron chi connectivity index (χ1n) is 7.57. The molecule has 130 valence electrons. The summed E-state index contributed by atoms with van der Waals surface area (Å²) in [7, 11) is 0. The number of H-pyrrole nitrogens is 1. The van der Waals surface area contributed by atoms with Crippen molar-refractivity contribution in [3.05, 3.63) is 52.0 Å². The highest BCUT2D eigenvalue weighted by molar-refractivity contribution is 5.59. The number of pyridine rings is 1. The third kappa shape index (κ3) is 3.06. The highest BCUT2D eigenvalue weighted by Crippen LogP contribution is 2.34. The van der Waals surface area contributed by atoms with Crippen LogP contribution in [0.15, 0.2) is 33.8 Å². The molecule has 0 spiro atoms. The fourth-order valence-corrected chi connectivity index (χ4v) is 2.54. The van der Waals surface area contributed by atoms with Gasteiger partial charge in [-0.05, 0) is 25.0 Å². The smallest absolute Gasteiger partial charge is 0.329 e. The normalized spacial score (nSPS) is 14.8. The summed E-state index contributed by atoms with van der Waals surface area (Å²) in [6, 6.07) is 3.62. The number of alkyl halides is 3. The predicted molar refractivity (Wildman–Crippen MR) is 78.7 cm³/mol. The summed E-state index contributed by atoms with van der Waals surface area (Å²) in [6.07, 6.45) is 0.715. The fraction of sp³-hybridized carbons (Fsp3) is 0.333. The molecule has 3 aromatic heterocycles. The van der Waals surface area contributed by atoms with Gasteiger partial charge in [-0.15, -0.1) is 0 Å². The molecule has 25 heavy (non-hydrogen) atoms. The molecule has 0 bridgehead atoms. The molecule has 1 saturated carbocycles. The second-order valence-corrected chi connectivity index (χ2v) is 5.81. The van der Waals surface area contributed by atoms with Crippen LogP contribution in [0.4, 0.5) is 13.2 Å². The summed E-state index contributed by atoms with van der Waals surface area (Å²) in [5.74, 6) is -1.73. The second kappa shape index (κ2) is 5.57. The van der Waals surface area contributed by atoms with E-state index in [4.69, 9.17) is 0 Å². The number of aromatic amines is 1. The van der Waals surface area contributed by atoms with Gasteiger partial charge in [-0.25, -0.2) is 0 Å². The first-order chi connectivity index (χ1) is 11.9. The molecule has 0 unspecified atom stereocenters. The number of halogens is 3. The Morgan fingerprint density at radius 3 is 2.80 bits per heavy atom. The van der Waals surface area contributed by atoms with Gasteiger partial charge in [-0.3, -0.25) is 9.48 Å². The van der Waals surface area contributed by atoms with Gasteiger partial charge >= 0.3 is 12.1 Å². The molecular formula is C15H12F3N5O2. The third-order valence-corrected chi connectivity index (χ3v) is 3.92. The monoisotopic (exact) mass is 351 g/mol. The van der Waals surface area contributed by atoms with Crippen LogP contribution in [0.1, 0.15) is 36.0 Å². The van der Waals surface area contributed by atoms with E-state index in [0.717, 1.165) is 12.8 Å². The maximum atomic E-state index is 12.7. The van der Waals surface area contributed by atoms with Crippen molar-refractivity contribution in [2.75, 3.05) is 0 Å². The van der Waals surface area contributed by atoms with Crippen LogP contribution in [0.5, 0.6) is 0 Å². The van der Waals surface area contributed by atoms with Crippen LogP contribution in [0.25, 0.3) is 11.4 Å². The zero-order chi connectivity index (χ0) is 17.6. The molecule has 0 aliphatic heterocycles. The van der Waals surface area contributed by atoms with Crippen LogP contribution < -0.4 is 5.56 Å². The van der Waals surface area contributed by atoms with Crippen LogP contribution >= 0.6 is 0 Å². The lowest BCUT2D eigenvalue weighted by molar-refractivity contribution is -0.159. The SMILES string of the molecule is O=c1[nH]ccc(-c2noc(C(F)(F)F)n2)c1Cc1ccn(C2CC2)n1. The van der Waals surface area contributed by atoms with E-state index < -0.39 is 17.6 Å². The number of hydrogen-bond donors (Lipinski definition) is 1. The Morgan fingerprint density at radius 1 is 1.32 bits per heavy atom. The van der Waals surface area contributed by atoms with Gasteiger partial charge in [-0.1, -0.05) is 5.16 Å². The Kier molecular flexibility index (Phi) is 3.48. The Hall–Kier alpha value is -2.91. The zero-order valence-corrected chi connectivity index (χ0v) is 12.7.